The molecule has 150 valence electrons. The number of hydrogen-bond acceptors (Lipinski definition) is 4. The van der Waals surface area contributed by atoms with Crippen LogP contribution in [0.1, 0.15) is 31.2 Å². The largest absolute Gasteiger partial charge is 0.441 e. The molecule has 1 atom stereocenters. The van der Waals surface area contributed by atoms with Crippen molar-refractivity contribution in [3.05, 3.63) is 54.1 Å². The normalized spacial score (nSPS) is 20.5. The summed E-state index contributed by atoms with van der Waals surface area (Å²) in [6, 6.07) is 10.8. The van der Waals surface area contributed by atoms with Crippen molar-refractivity contribution < 1.29 is 9.53 Å². The molecule has 1 amide bonds. The highest BCUT2D eigenvalue weighted by molar-refractivity contribution is 5.70. The number of piperidine rings is 1. The predicted octanol–water partition coefficient (Wildman–Crippen LogP) is 3.11. The molecule has 0 N–H and O–H groups in total. The lowest BCUT2D eigenvalue weighted by atomic mass is 9.90. The maximum Gasteiger partial charge on any atom is 0.410 e. The van der Waals surface area contributed by atoms with Gasteiger partial charge in [-0.3, -0.25) is 4.90 Å². The Morgan fingerprint density at radius 3 is 2.64 bits per heavy atom. The Labute approximate surface area is 167 Å². The molecule has 0 aliphatic carbocycles. The third kappa shape index (κ3) is 4.07. The summed E-state index contributed by atoms with van der Waals surface area (Å²) in [5.41, 5.74) is 0.962. The minimum atomic E-state index is -0.297. The van der Waals surface area contributed by atoms with Crippen molar-refractivity contribution >= 4 is 6.09 Å². The zero-order valence-corrected chi connectivity index (χ0v) is 16.9. The molecule has 6 heteroatoms. The number of benzene rings is 1. The smallest absolute Gasteiger partial charge is 0.410 e. The fraction of sp³-hybridized carbons (Fsp3) is 0.545. The summed E-state index contributed by atoms with van der Waals surface area (Å²) in [5, 5.41) is 0. The van der Waals surface area contributed by atoms with Crippen molar-refractivity contribution in [2.45, 2.75) is 51.3 Å². The fourth-order valence-electron chi connectivity index (χ4n) is 4.40. The molecule has 2 saturated heterocycles. The third-order valence-corrected chi connectivity index (χ3v) is 6.27. The third-order valence-electron chi connectivity index (χ3n) is 6.27. The zero-order valence-electron chi connectivity index (χ0n) is 16.9. The molecule has 2 aliphatic rings. The monoisotopic (exact) mass is 382 g/mol. The first-order valence-electron chi connectivity index (χ1n) is 10.3. The van der Waals surface area contributed by atoms with Crippen molar-refractivity contribution in [3.8, 4) is 0 Å². The van der Waals surface area contributed by atoms with Gasteiger partial charge in [0.05, 0.1) is 6.54 Å². The lowest BCUT2D eigenvalue weighted by molar-refractivity contribution is -0.00996. The summed E-state index contributed by atoms with van der Waals surface area (Å²) in [4.78, 5) is 21.1. The second kappa shape index (κ2) is 7.95. The highest BCUT2D eigenvalue weighted by Crippen LogP contribution is 2.34. The Morgan fingerprint density at radius 2 is 1.96 bits per heavy atom. The van der Waals surface area contributed by atoms with E-state index in [4.69, 9.17) is 4.74 Å². The van der Waals surface area contributed by atoms with Crippen LogP contribution in [0, 0.1) is 6.92 Å². The van der Waals surface area contributed by atoms with E-state index in [1.54, 1.807) is 0 Å². The van der Waals surface area contributed by atoms with E-state index in [9.17, 15) is 4.79 Å². The first-order valence-corrected chi connectivity index (χ1v) is 10.3. The van der Waals surface area contributed by atoms with Gasteiger partial charge < -0.3 is 14.2 Å². The molecule has 0 radical (unpaired) electrons. The van der Waals surface area contributed by atoms with E-state index in [-0.39, 0.29) is 11.7 Å². The summed E-state index contributed by atoms with van der Waals surface area (Å²) >= 11 is 0. The zero-order chi connectivity index (χ0) is 19.6. The van der Waals surface area contributed by atoms with E-state index in [0.29, 0.717) is 6.04 Å². The molecule has 0 saturated carbocycles. The van der Waals surface area contributed by atoms with Crippen LogP contribution < -0.4 is 0 Å². The van der Waals surface area contributed by atoms with Gasteiger partial charge >= 0.3 is 6.09 Å². The van der Waals surface area contributed by atoms with Crippen LogP contribution in [0.3, 0.4) is 0 Å². The van der Waals surface area contributed by atoms with Crippen LogP contribution in [-0.4, -0.2) is 63.3 Å². The number of aryl methyl sites for hydroxylation is 1. The van der Waals surface area contributed by atoms with Gasteiger partial charge in [-0.15, -0.1) is 0 Å². The molecule has 2 fully saturated rings. The Kier molecular flexibility index (Phi) is 5.40. The molecule has 1 aromatic carbocycles. The topological polar surface area (TPSA) is 50.6 Å². The van der Waals surface area contributed by atoms with Gasteiger partial charge in [0.25, 0.3) is 0 Å². The summed E-state index contributed by atoms with van der Waals surface area (Å²) in [6.45, 7) is 8.64. The highest BCUT2D eigenvalue weighted by atomic mass is 16.6. The number of aromatic nitrogens is 2. The summed E-state index contributed by atoms with van der Waals surface area (Å²) in [7, 11) is 0. The van der Waals surface area contributed by atoms with Gasteiger partial charge in [0.2, 0.25) is 0 Å². The Morgan fingerprint density at radius 1 is 1.21 bits per heavy atom. The quantitative estimate of drug-likeness (QED) is 0.770. The van der Waals surface area contributed by atoms with Crippen molar-refractivity contribution in [3.63, 3.8) is 0 Å². The molecule has 2 aliphatic heterocycles. The van der Waals surface area contributed by atoms with Gasteiger partial charge in [0, 0.05) is 57.5 Å². The van der Waals surface area contributed by atoms with Gasteiger partial charge in [0.1, 0.15) is 11.4 Å². The fourth-order valence-corrected chi connectivity index (χ4v) is 4.40. The summed E-state index contributed by atoms with van der Waals surface area (Å²) in [6.07, 6.45) is 6.45. The van der Waals surface area contributed by atoms with E-state index in [2.05, 4.69) is 33.5 Å². The van der Waals surface area contributed by atoms with Crippen LogP contribution in [0.4, 0.5) is 4.79 Å². The number of hydrogen-bond donors (Lipinski definition) is 0. The van der Waals surface area contributed by atoms with Crippen molar-refractivity contribution in [2.75, 3.05) is 26.2 Å². The second-order valence-electron chi connectivity index (χ2n) is 8.22. The van der Waals surface area contributed by atoms with E-state index >= 15 is 0 Å². The van der Waals surface area contributed by atoms with Crippen molar-refractivity contribution in [1.29, 1.82) is 0 Å². The Balaban J connectivity index is 1.29. The molecule has 1 spiro atoms. The molecule has 0 unspecified atom stereocenters. The van der Waals surface area contributed by atoms with Crippen LogP contribution in [0.5, 0.6) is 0 Å². The number of ether oxygens (including phenoxy) is 1. The number of imidazole rings is 1. The van der Waals surface area contributed by atoms with E-state index in [0.717, 1.165) is 57.8 Å². The van der Waals surface area contributed by atoms with Crippen LogP contribution in [0.2, 0.25) is 0 Å². The number of nitrogens with zero attached hydrogens (tertiary/aromatic N) is 4. The van der Waals surface area contributed by atoms with Gasteiger partial charge in [-0.2, -0.15) is 0 Å². The second-order valence-corrected chi connectivity index (χ2v) is 8.22. The molecule has 4 rings (SSSR count). The molecular weight excluding hydrogens is 352 g/mol. The van der Waals surface area contributed by atoms with Gasteiger partial charge in [-0.1, -0.05) is 30.3 Å². The van der Waals surface area contributed by atoms with Crippen LogP contribution in [-0.2, 0) is 17.7 Å². The SMILES string of the molecule is Cc1nccn1C[C@H](C)N1CCC2(CC1)CN(CCc1ccccc1)C(=O)O2. The van der Waals surface area contributed by atoms with E-state index in [1.807, 2.05) is 42.4 Å². The Bertz CT molecular complexity index is 796. The molecule has 28 heavy (non-hydrogen) atoms. The first kappa shape index (κ1) is 19.0. The maximum atomic E-state index is 12.4. The number of likely N-dealkylation sites (tertiary alicyclic amines) is 1. The molecule has 1 aromatic heterocycles. The van der Waals surface area contributed by atoms with E-state index < -0.39 is 0 Å². The molecule has 3 heterocycles. The summed E-state index contributed by atoms with van der Waals surface area (Å²) in [5.74, 6) is 1.05. The lowest BCUT2D eigenvalue weighted by Crippen LogP contribution is -2.50. The van der Waals surface area contributed by atoms with Crippen LogP contribution in [0.25, 0.3) is 0 Å². The molecule has 0 bridgehead atoms. The Hall–Kier alpha value is -2.34. The average Bonchev–Trinajstić information content (AvgIpc) is 3.24. The standard InChI is InChI=1S/C22H30N4O2/c1-18(16-25-15-11-23-19(25)2)24-13-9-22(10-14-24)17-26(21(27)28-22)12-8-20-6-4-3-5-7-20/h3-7,11,15,18H,8-10,12-14,16-17H2,1-2H3/t18-/m0/s1. The van der Waals surface area contributed by atoms with Crippen molar-refractivity contribution in [2.24, 2.45) is 0 Å². The van der Waals surface area contributed by atoms with Gasteiger partial charge in [0.15, 0.2) is 0 Å². The number of rotatable bonds is 6. The minimum absolute atomic E-state index is 0.147. The van der Waals surface area contributed by atoms with Gasteiger partial charge in [-0.25, -0.2) is 9.78 Å². The van der Waals surface area contributed by atoms with Crippen LogP contribution >= 0.6 is 0 Å². The molecule has 2 aromatic rings. The minimum Gasteiger partial charge on any atom is -0.441 e. The van der Waals surface area contributed by atoms with E-state index in [1.165, 1.54) is 5.56 Å². The number of amides is 1. The molecular formula is C22H30N4O2. The van der Waals surface area contributed by atoms with Crippen LogP contribution in [0.15, 0.2) is 42.7 Å². The predicted molar refractivity (Wildman–Crippen MR) is 108 cm³/mol. The number of carbonyl (C=O) groups excluding carboxylic acids is 1. The maximum absolute atomic E-state index is 12.4. The summed E-state index contributed by atoms with van der Waals surface area (Å²) < 4.78 is 8.09. The van der Waals surface area contributed by atoms with Crippen molar-refractivity contribution in [1.82, 2.24) is 19.4 Å². The lowest BCUT2D eigenvalue weighted by Gasteiger charge is -2.40. The number of carbonyl (C=O) groups is 1. The highest BCUT2D eigenvalue weighted by Gasteiger charge is 2.47. The first-order chi connectivity index (χ1) is 13.5. The average molecular weight is 383 g/mol. The van der Waals surface area contributed by atoms with Gasteiger partial charge in [-0.05, 0) is 25.8 Å². The molecule has 6 nitrogen and oxygen atoms in total.